The highest BCUT2D eigenvalue weighted by Gasteiger charge is 2.39. The predicted molar refractivity (Wildman–Crippen MR) is 83.0 cm³/mol. The van der Waals surface area contributed by atoms with Gasteiger partial charge < -0.3 is 9.16 Å². The zero-order chi connectivity index (χ0) is 14.7. The molecule has 1 radical (unpaired) electrons. The monoisotopic (exact) mass is 279 g/mol. The molecule has 19 heavy (non-hydrogen) atoms. The van der Waals surface area contributed by atoms with Crippen molar-refractivity contribution in [3.63, 3.8) is 0 Å². The van der Waals surface area contributed by atoms with Crippen LogP contribution in [0.15, 0.2) is 24.3 Å². The molecule has 1 rings (SSSR count). The van der Waals surface area contributed by atoms with Crippen molar-refractivity contribution in [1.82, 2.24) is 0 Å². The van der Waals surface area contributed by atoms with Gasteiger partial charge in [0.25, 0.3) is 0 Å². The van der Waals surface area contributed by atoms with Crippen molar-refractivity contribution in [3.8, 4) is 5.75 Å². The summed E-state index contributed by atoms with van der Waals surface area (Å²) in [6.07, 6.45) is 0. The number of rotatable bonds is 4. The molecule has 0 bridgehead atoms. The van der Waals surface area contributed by atoms with Crippen molar-refractivity contribution < 1.29 is 9.16 Å². The van der Waals surface area contributed by atoms with E-state index in [1.54, 1.807) is 7.11 Å². The Labute approximate surface area is 119 Å². The van der Waals surface area contributed by atoms with Crippen LogP contribution in [-0.4, -0.2) is 16.2 Å². The van der Waals surface area contributed by atoms with E-state index >= 15 is 0 Å². The van der Waals surface area contributed by atoms with Crippen molar-refractivity contribution in [2.45, 2.75) is 58.2 Å². The van der Waals surface area contributed by atoms with E-state index in [2.05, 4.69) is 53.7 Å². The molecule has 0 aliphatic carbocycles. The fraction of sp³-hybridized carbons (Fsp3) is 0.625. The predicted octanol–water partition coefficient (Wildman–Crippen LogP) is 4.80. The molecule has 0 saturated carbocycles. The van der Waals surface area contributed by atoms with Crippen LogP contribution in [0.25, 0.3) is 0 Å². The molecule has 0 fully saturated rings. The number of ether oxygens (including phenoxy) is 1. The summed E-state index contributed by atoms with van der Waals surface area (Å²) in [5.74, 6) is 0.890. The summed E-state index contributed by atoms with van der Waals surface area (Å²) in [6, 6.07) is 8.12. The Kier molecular flexibility index (Phi) is 5.22. The molecule has 0 saturated heterocycles. The van der Waals surface area contributed by atoms with Gasteiger partial charge in [0, 0.05) is 0 Å². The molecule has 0 aliphatic heterocycles. The summed E-state index contributed by atoms with van der Waals surface area (Å²) in [6.45, 7) is 14.4. The van der Waals surface area contributed by atoms with Crippen molar-refractivity contribution in [2.24, 2.45) is 0 Å². The van der Waals surface area contributed by atoms with Crippen molar-refractivity contribution in [3.05, 3.63) is 29.8 Å². The number of hydrogen-bond acceptors (Lipinski definition) is 2. The van der Waals surface area contributed by atoms with E-state index in [1.807, 2.05) is 12.1 Å². The van der Waals surface area contributed by atoms with Gasteiger partial charge in [0.15, 0.2) is 0 Å². The van der Waals surface area contributed by atoms with E-state index < -0.39 is 9.04 Å². The van der Waals surface area contributed by atoms with Gasteiger partial charge in [-0.15, -0.1) is 0 Å². The van der Waals surface area contributed by atoms with E-state index in [-0.39, 0.29) is 10.1 Å². The maximum Gasteiger partial charge on any atom is 0.223 e. The minimum Gasteiger partial charge on any atom is -0.497 e. The highest BCUT2D eigenvalue weighted by molar-refractivity contribution is 6.58. The summed E-state index contributed by atoms with van der Waals surface area (Å²) < 4.78 is 11.5. The summed E-state index contributed by atoms with van der Waals surface area (Å²) in [7, 11) is 0.766. The first-order valence-corrected chi connectivity index (χ1v) is 8.19. The molecule has 0 N–H and O–H groups in total. The molecular formula is C16H27O2Si. The Morgan fingerprint density at radius 1 is 0.895 bits per heavy atom. The Morgan fingerprint density at radius 2 is 1.37 bits per heavy atom. The molecule has 0 spiro atoms. The zero-order valence-electron chi connectivity index (χ0n) is 13.3. The quantitative estimate of drug-likeness (QED) is 0.737. The van der Waals surface area contributed by atoms with Crippen LogP contribution in [-0.2, 0) is 11.0 Å². The molecule has 0 amide bonds. The SMILES string of the molecule is COc1ccc(CO[Si](C(C)(C)C)C(C)(C)C)cc1. The number of hydrogen-bond donors (Lipinski definition) is 0. The topological polar surface area (TPSA) is 18.5 Å². The minimum absolute atomic E-state index is 0.232. The Morgan fingerprint density at radius 3 is 1.74 bits per heavy atom. The second-order valence-corrected chi connectivity index (χ2v) is 10.9. The third-order valence-corrected chi connectivity index (χ3v) is 6.06. The maximum absolute atomic E-state index is 6.29. The fourth-order valence-electron chi connectivity index (χ4n) is 2.44. The van der Waals surface area contributed by atoms with Crippen LogP contribution in [0.5, 0.6) is 5.75 Å². The normalized spacial score (nSPS) is 12.8. The average Bonchev–Trinajstić information content (AvgIpc) is 2.26. The Hall–Kier alpha value is -0.803. The van der Waals surface area contributed by atoms with Crippen LogP contribution in [0.2, 0.25) is 10.1 Å². The lowest BCUT2D eigenvalue weighted by Crippen LogP contribution is -2.38. The van der Waals surface area contributed by atoms with Crippen molar-refractivity contribution in [2.75, 3.05) is 7.11 Å². The summed E-state index contributed by atoms with van der Waals surface area (Å²) >= 11 is 0. The van der Waals surface area contributed by atoms with Gasteiger partial charge in [-0.05, 0) is 27.8 Å². The molecular weight excluding hydrogens is 252 g/mol. The molecule has 0 aliphatic rings. The van der Waals surface area contributed by atoms with Gasteiger partial charge in [-0.3, -0.25) is 0 Å². The highest BCUT2D eigenvalue weighted by atomic mass is 28.3. The maximum atomic E-state index is 6.29. The molecule has 0 heterocycles. The van der Waals surface area contributed by atoms with Crippen LogP contribution in [0.1, 0.15) is 47.1 Å². The van der Waals surface area contributed by atoms with Crippen LogP contribution >= 0.6 is 0 Å². The standard InChI is InChI=1S/C16H27O2Si/c1-15(2,3)19(16(4,5)6)18-12-13-8-10-14(17-7)11-9-13/h8-11H,12H2,1-7H3. The van der Waals surface area contributed by atoms with E-state index in [9.17, 15) is 0 Å². The fourth-order valence-corrected chi connectivity index (χ4v) is 5.86. The number of methoxy groups -OCH3 is 1. The third-order valence-electron chi connectivity index (χ3n) is 2.90. The van der Waals surface area contributed by atoms with E-state index in [0.717, 1.165) is 5.75 Å². The second-order valence-electron chi connectivity index (χ2n) is 6.97. The second kappa shape index (κ2) is 6.10. The van der Waals surface area contributed by atoms with Gasteiger partial charge in [0.2, 0.25) is 9.04 Å². The molecule has 2 nitrogen and oxygen atoms in total. The average molecular weight is 279 g/mol. The summed E-state index contributed by atoms with van der Waals surface area (Å²) in [4.78, 5) is 0. The largest absolute Gasteiger partial charge is 0.497 e. The van der Waals surface area contributed by atoms with Crippen molar-refractivity contribution >= 4 is 9.04 Å². The lowest BCUT2D eigenvalue weighted by Gasteiger charge is -2.37. The zero-order valence-corrected chi connectivity index (χ0v) is 14.3. The third kappa shape index (κ3) is 5.00. The highest BCUT2D eigenvalue weighted by Crippen LogP contribution is 2.42. The first kappa shape index (κ1) is 16.3. The molecule has 107 valence electrons. The molecule has 3 heteroatoms. The van der Waals surface area contributed by atoms with Crippen LogP contribution in [0.4, 0.5) is 0 Å². The van der Waals surface area contributed by atoms with E-state index in [4.69, 9.17) is 9.16 Å². The first-order valence-electron chi connectivity index (χ1n) is 6.78. The molecule has 1 aromatic rings. The van der Waals surface area contributed by atoms with Crippen molar-refractivity contribution in [1.29, 1.82) is 0 Å². The van der Waals surface area contributed by atoms with Gasteiger partial charge in [-0.25, -0.2) is 0 Å². The molecule has 1 aromatic carbocycles. The number of benzene rings is 1. The smallest absolute Gasteiger partial charge is 0.223 e. The first-order chi connectivity index (χ1) is 8.64. The minimum atomic E-state index is -0.920. The van der Waals surface area contributed by atoms with E-state index in [0.29, 0.717) is 6.61 Å². The van der Waals surface area contributed by atoms with E-state index in [1.165, 1.54) is 5.56 Å². The van der Waals surface area contributed by atoms with Gasteiger partial charge in [-0.2, -0.15) is 0 Å². The lowest BCUT2D eigenvalue weighted by atomic mass is 10.2. The Bertz CT molecular complexity index is 371. The molecule has 0 atom stereocenters. The van der Waals surface area contributed by atoms with Gasteiger partial charge in [-0.1, -0.05) is 53.7 Å². The van der Waals surface area contributed by atoms with Gasteiger partial charge in [0.05, 0.1) is 13.7 Å². The summed E-state index contributed by atoms with van der Waals surface area (Å²) in [5, 5.41) is 0.463. The van der Waals surface area contributed by atoms with Gasteiger partial charge >= 0.3 is 0 Å². The van der Waals surface area contributed by atoms with Crippen LogP contribution < -0.4 is 4.74 Å². The Balaban J connectivity index is 2.71. The summed E-state index contributed by atoms with van der Waals surface area (Å²) in [5.41, 5.74) is 1.21. The van der Waals surface area contributed by atoms with Crippen LogP contribution in [0, 0.1) is 0 Å². The van der Waals surface area contributed by atoms with Gasteiger partial charge in [0.1, 0.15) is 5.75 Å². The molecule has 0 aromatic heterocycles. The lowest BCUT2D eigenvalue weighted by molar-refractivity contribution is 0.271. The molecule has 0 unspecified atom stereocenters. The van der Waals surface area contributed by atoms with Crippen LogP contribution in [0.3, 0.4) is 0 Å².